The summed E-state index contributed by atoms with van der Waals surface area (Å²) in [4.78, 5) is 21.5. The standard InChI is InChI=1S/C28H31N3O5S3/c1-35-18-16-30(17-19-36-2)39(33,34)23-14-12-22(13-15-23)27(32)31(20-21-8-5-4-6-9-21)28-29-26-24(37-3)10-7-11-25(26)38-28/h4-15H,16-20H2,1-3H3. The maximum absolute atomic E-state index is 13.9. The number of carbonyl (C=O) groups excluding carboxylic acids is 1. The summed E-state index contributed by atoms with van der Waals surface area (Å²) >= 11 is 3.07. The van der Waals surface area contributed by atoms with E-state index in [1.165, 1.54) is 42.0 Å². The highest BCUT2D eigenvalue weighted by molar-refractivity contribution is 7.98. The summed E-state index contributed by atoms with van der Waals surface area (Å²) in [6.07, 6.45) is 2.00. The molecule has 1 heterocycles. The molecule has 0 saturated carbocycles. The first kappa shape index (κ1) is 29.2. The summed E-state index contributed by atoms with van der Waals surface area (Å²) in [6.45, 7) is 1.24. The number of sulfonamides is 1. The van der Waals surface area contributed by atoms with Crippen LogP contribution in [0, 0.1) is 0 Å². The van der Waals surface area contributed by atoms with Gasteiger partial charge in [0, 0.05) is 37.8 Å². The van der Waals surface area contributed by atoms with Crippen molar-refractivity contribution in [2.45, 2.75) is 16.3 Å². The summed E-state index contributed by atoms with van der Waals surface area (Å²) in [5, 5.41) is 0.586. The SMILES string of the molecule is COCCN(CCOC)S(=O)(=O)c1ccc(C(=O)N(Cc2ccccc2)c2nc3c(SC)cccc3s2)cc1. The number of aromatic nitrogens is 1. The van der Waals surface area contributed by atoms with Gasteiger partial charge in [-0.25, -0.2) is 13.4 Å². The number of ether oxygens (including phenoxy) is 2. The highest BCUT2D eigenvalue weighted by Crippen LogP contribution is 2.35. The fourth-order valence-corrected chi connectivity index (χ4v) is 7.02. The largest absolute Gasteiger partial charge is 0.383 e. The van der Waals surface area contributed by atoms with Crippen molar-refractivity contribution in [3.05, 3.63) is 83.9 Å². The van der Waals surface area contributed by atoms with Crippen molar-refractivity contribution in [1.29, 1.82) is 0 Å². The first-order chi connectivity index (χ1) is 18.9. The van der Waals surface area contributed by atoms with Crippen LogP contribution in [0.2, 0.25) is 0 Å². The van der Waals surface area contributed by atoms with Crippen LogP contribution in [0.4, 0.5) is 5.13 Å². The van der Waals surface area contributed by atoms with Crippen LogP contribution < -0.4 is 4.90 Å². The van der Waals surface area contributed by atoms with Crippen LogP contribution in [0.1, 0.15) is 15.9 Å². The van der Waals surface area contributed by atoms with Crippen LogP contribution >= 0.6 is 23.1 Å². The lowest BCUT2D eigenvalue weighted by molar-refractivity contribution is 0.0985. The minimum Gasteiger partial charge on any atom is -0.383 e. The van der Waals surface area contributed by atoms with Crippen molar-refractivity contribution in [1.82, 2.24) is 9.29 Å². The molecule has 11 heteroatoms. The molecular weight excluding hydrogens is 555 g/mol. The van der Waals surface area contributed by atoms with Gasteiger partial charge < -0.3 is 9.47 Å². The maximum Gasteiger partial charge on any atom is 0.260 e. The van der Waals surface area contributed by atoms with E-state index in [2.05, 4.69) is 0 Å². The number of methoxy groups -OCH3 is 2. The Balaban J connectivity index is 1.66. The molecule has 0 spiro atoms. The predicted molar refractivity (Wildman–Crippen MR) is 157 cm³/mol. The fraction of sp³-hybridized carbons (Fsp3) is 0.286. The van der Waals surface area contributed by atoms with Gasteiger partial charge in [-0.3, -0.25) is 9.69 Å². The van der Waals surface area contributed by atoms with E-state index >= 15 is 0 Å². The van der Waals surface area contributed by atoms with Gasteiger partial charge in [-0.05, 0) is 48.2 Å². The molecule has 1 aromatic heterocycles. The maximum atomic E-state index is 13.9. The molecule has 0 radical (unpaired) electrons. The van der Waals surface area contributed by atoms with Crippen LogP contribution in [0.15, 0.2) is 82.6 Å². The number of hydrogen-bond donors (Lipinski definition) is 0. The van der Waals surface area contributed by atoms with E-state index < -0.39 is 10.0 Å². The van der Waals surface area contributed by atoms with Gasteiger partial charge in [-0.15, -0.1) is 11.8 Å². The first-order valence-electron chi connectivity index (χ1n) is 12.3. The zero-order valence-corrected chi connectivity index (χ0v) is 24.5. The normalized spacial score (nSPS) is 11.8. The van der Waals surface area contributed by atoms with Gasteiger partial charge in [0.25, 0.3) is 5.91 Å². The Bertz CT molecular complexity index is 1480. The molecule has 0 bridgehead atoms. The molecule has 4 rings (SSSR count). The Hall–Kier alpha value is -2.80. The van der Waals surface area contributed by atoms with Crippen molar-refractivity contribution >= 4 is 54.4 Å². The average molecular weight is 586 g/mol. The molecule has 0 aliphatic heterocycles. The molecule has 0 saturated heterocycles. The van der Waals surface area contributed by atoms with Crippen molar-refractivity contribution in [3.63, 3.8) is 0 Å². The average Bonchev–Trinajstić information content (AvgIpc) is 3.40. The van der Waals surface area contributed by atoms with E-state index in [-0.39, 0.29) is 37.1 Å². The molecule has 0 atom stereocenters. The second-order valence-electron chi connectivity index (χ2n) is 8.59. The Labute approximate surface area is 237 Å². The minimum atomic E-state index is -3.80. The number of para-hydroxylation sites is 1. The number of fused-ring (bicyclic) bond motifs is 1. The van der Waals surface area contributed by atoms with Gasteiger partial charge in [0.2, 0.25) is 10.0 Å². The number of amides is 1. The molecule has 206 valence electrons. The fourth-order valence-electron chi connectivity index (χ4n) is 4.00. The van der Waals surface area contributed by atoms with Crippen LogP contribution in [0.3, 0.4) is 0 Å². The Morgan fingerprint density at radius 2 is 1.59 bits per heavy atom. The second kappa shape index (κ2) is 13.5. The summed E-state index contributed by atoms with van der Waals surface area (Å²) in [5.74, 6) is -0.261. The van der Waals surface area contributed by atoms with Crippen LogP contribution in [0.25, 0.3) is 10.2 Å². The highest BCUT2D eigenvalue weighted by atomic mass is 32.2. The molecule has 0 unspecified atom stereocenters. The molecule has 1 amide bonds. The van der Waals surface area contributed by atoms with Gasteiger partial charge in [-0.1, -0.05) is 47.7 Å². The van der Waals surface area contributed by atoms with E-state index in [0.29, 0.717) is 17.2 Å². The first-order valence-corrected chi connectivity index (χ1v) is 15.7. The van der Waals surface area contributed by atoms with Crippen molar-refractivity contribution in [2.24, 2.45) is 0 Å². The van der Waals surface area contributed by atoms with Gasteiger partial charge in [0.15, 0.2) is 5.13 Å². The molecule has 0 aliphatic rings. The van der Waals surface area contributed by atoms with E-state index in [4.69, 9.17) is 14.5 Å². The third-order valence-corrected chi connectivity index (χ3v) is 9.80. The van der Waals surface area contributed by atoms with Crippen LogP contribution in [-0.2, 0) is 26.0 Å². The van der Waals surface area contributed by atoms with E-state index in [9.17, 15) is 13.2 Å². The molecular formula is C28H31N3O5S3. The van der Waals surface area contributed by atoms with Gasteiger partial charge in [0.1, 0.15) is 0 Å². The summed E-state index contributed by atoms with van der Waals surface area (Å²) in [6, 6.07) is 21.8. The highest BCUT2D eigenvalue weighted by Gasteiger charge is 2.26. The summed E-state index contributed by atoms with van der Waals surface area (Å²) in [7, 11) is -0.750. The number of thioether (sulfide) groups is 1. The van der Waals surface area contributed by atoms with Gasteiger partial charge in [-0.2, -0.15) is 4.31 Å². The number of benzene rings is 3. The van der Waals surface area contributed by atoms with Crippen LogP contribution in [-0.4, -0.2) is 70.4 Å². The lowest BCUT2D eigenvalue weighted by atomic mass is 10.1. The van der Waals surface area contributed by atoms with E-state index in [1.54, 1.807) is 28.8 Å². The molecule has 0 N–H and O–H groups in total. The molecule has 0 fully saturated rings. The summed E-state index contributed by atoms with van der Waals surface area (Å²) in [5.41, 5.74) is 2.19. The zero-order chi connectivity index (χ0) is 27.8. The van der Waals surface area contributed by atoms with E-state index in [1.807, 2.05) is 54.8 Å². The number of thiazole rings is 1. The molecule has 8 nitrogen and oxygen atoms in total. The van der Waals surface area contributed by atoms with Gasteiger partial charge >= 0.3 is 0 Å². The molecule has 3 aromatic carbocycles. The quantitative estimate of drug-likeness (QED) is 0.201. The molecule has 39 heavy (non-hydrogen) atoms. The zero-order valence-electron chi connectivity index (χ0n) is 22.1. The molecule has 0 aliphatic carbocycles. The third kappa shape index (κ3) is 6.86. The monoisotopic (exact) mass is 585 g/mol. The number of carbonyl (C=O) groups is 1. The van der Waals surface area contributed by atoms with Gasteiger partial charge in [0.05, 0.1) is 34.9 Å². The van der Waals surface area contributed by atoms with E-state index in [0.717, 1.165) is 20.7 Å². The Morgan fingerprint density at radius 1 is 0.923 bits per heavy atom. The smallest absolute Gasteiger partial charge is 0.260 e. The molecule has 4 aromatic rings. The van der Waals surface area contributed by atoms with Crippen molar-refractivity contribution in [2.75, 3.05) is 51.7 Å². The van der Waals surface area contributed by atoms with Crippen molar-refractivity contribution in [3.8, 4) is 0 Å². The lowest BCUT2D eigenvalue weighted by Gasteiger charge is -2.22. The lowest BCUT2D eigenvalue weighted by Crippen LogP contribution is -2.36. The minimum absolute atomic E-state index is 0.102. The summed E-state index contributed by atoms with van der Waals surface area (Å²) < 4.78 is 39.1. The van der Waals surface area contributed by atoms with Crippen molar-refractivity contribution < 1.29 is 22.7 Å². The number of hydrogen-bond acceptors (Lipinski definition) is 8. The van der Waals surface area contributed by atoms with Crippen LogP contribution in [0.5, 0.6) is 0 Å². The number of rotatable bonds is 13. The Kier molecular flexibility index (Phi) is 10.1. The third-order valence-electron chi connectivity index (χ3n) is 6.08. The predicted octanol–water partition coefficient (Wildman–Crippen LogP) is 5.15. The Morgan fingerprint density at radius 3 is 2.21 bits per heavy atom. The second-order valence-corrected chi connectivity index (χ2v) is 12.4. The topological polar surface area (TPSA) is 89.0 Å². The number of nitrogens with zero attached hydrogens (tertiary/aromatic N) is 3. The number of anilines is 1.